The first kappa shape index (κ1) is 17.7. The number of benzene rings is 2. The molecule has 1 amide bonds. The van der Waals surface area contributed by atoms with Crippen LogP contribution >= 0.6 is 0 Å². The topological polar surface area (TPSA) is 23.6 Å². The van der Waals surface area contributed by atoms with Crippen molar-refractivity contribution in [3.05, 3.63) is 71.3 Å². The number of nitrogens with zero attached hydrogens (tertiary/aromatic N) is 2. The van der Waals surface area contributed by atoms with Gasteiger partial charge in [-0.1, -0.05) is 55.0 Å². The minimum atomic E-state index is -0.127. The van der Waals surface area contributed by atoms with Crippen molar-refractivity contribution in [3.8, 4) is 0 Å². The van der Waals surface area contributed by atoms with Gasteiger partial charge < -0.3 is 4.90 Å². The third-order valence-corrected chi connectivity index (χ3v) is 8.40. The van der Waals surface area contributed by atoms with Crippen molar-refractivity contribution in [2.75, 3.05) is 13.1 Å². The third kappa shape index (κ3) is 2.70. The zero-order valence-corrected chi connectivity index (χ0v) is 17.1. The van der Waals surface area contributed by atoms with E-state index in [1.165, 1.54) is 36.8 Å². The molecule has 2 aromatic rings. The van der Waals surface area contributed by atoms with Crippen molar-refractivity contribution in [2.24, 2.45) is 11.8 Å². The Hall–Kier alpha value is -2.13. The predicted molar refractivity (Wildman–Crippen MR) is 114 cm³/mol. The standard InChI is InChI=1S/C26H30N2O/c29-25-22-8-4-5-9-23(22)26(28(25)18-19-6-2-1-3-7-19)12-14-27(15-13-26)24-17-20-10-11-21(24)16-20/h1-9,20-21,24H,10-18H2/t20-,21-,24-/m1/s1. The van der Waals surface area contributed by atoms with Crippen molar-refractivity contribution < 1.29 is 4.79 Å². The van der Waals surface area contributed by atoms with Gasteiger partial charge in [-0.15, -0.1) is 0 Å². The molecule has 2 aromatic carbocycles. The molecule has 4 aliphatic rings. The van der Waals surface area contributed by atoms with E-state index in [0.29, 0.717) is 6.54 Å². The second kappa shape index (κ2) is 6.70. The van der Waals surface area contributed by atoms with E-state index in [0.717, 1.165) is 49.4 Å². The monoisotopic (exact) mass is 386 g/mol. The van der Waals surface area contributed by atoms with Crippen LogP contribution in [0.4, 0.5) is 0 Å². The molecule has 1 saturated heterocycles. The SMILES string of the molecule is O=C1c2ccccc2C2(CCN([C@@H]3C[C@@H]4CC[C@@H]3C4)CC2)N1Cc1ccccc1. The molecule has 29 heavy (non-hydrogen) atoms. The van der Waals surface area contributed by atoms with Crippen LogP contribution in [0.3, 0.4) is 0 Å². The van der Waals surface area contributed by atoms with Gasteiger partial charge in [0.1, 0.15) is 0 Å². The smallest absolute Gasteiger partial charge is 0.255 e. The highest BCUT2D eigenvalue weighted by Crippen LogP contribution is 2.51. The lowest BCUT2D eigenvalue weighted by atomic mass is 9.79. The summed E-state index contributed by atoms with van der Waals surface area (Å²) in [5, 5.41) is 0. The number of piperidine rings is 1. The molecule has 0 radical (unpaired) electrons. The molecule has 2 saturated carbocycles. The van der Waals surface area contributed by atoms with E-state index in [1.54, 1.807) is 0 Å². The molecule has 1 spiro atoms. The summed E-state index contributed by atoms with van der Waals surface area (Å²) in [6.07, 6.45) is 7.92. The van der Waals surface area contributed by atoms with Crippen LogP contribution in [0.2, 0.25) is 0 Å². The van der Waals surface area contributed by atoms with Crippen molar-refractivity contribution in [1.29, 1.82) is 0 Å². The molecule has 0 N–H and O–H groups in total. The highest BCUT2D eigenvalue weighted by molar-refractivity contribution is 6.00. The van der Waals surface area contributed by atoms with Gasteiger partial charge in [0, 0.05) is 31.2 Å². The molecule has 150 valence electrons. The Morgan fingerprint density at radius 3 is 2.38 bits per heavy atom. The van der Waals surface area contributed by atoms with Gasteiger partial charge in [-0.25, -0.2) is 0 Å². The summed E-state index contributed by atoms with van der Waals surface area (Å²) in [6, 6.07) is 19.7. The maximum atomic E-state index is 13.4. The highest BCUT2D eigenvalue weighted by atomic mass is 16.2. The van der Waals surface area contributed by atoms with Gasteiger partial charge in [-0.2, -0.15) is 0 Å². The first-order valence-electron chi connectivity index (χ1n) is 11.4. The van der Waals surface area contributed by atoms with Crippen molar-refractivity contribution in [3.63, 3.8) is 0 Å². The average molecular weight is 387 g/mol. The van der Waals surface area contributed by atoms with Gasteiger partial charge in [0.05, 0.1) is 5.54 Å². The first-order chi connectivity index (χ1) is 14.2. The van der Waals surface area contributed by atoms with Crippen LogP contribution < -0.4 is 0 Å². The molecule has 2 heterocycles. The quantitative estimate of drug-likeness (QED) is 0.755. The molecule has 0 aromatic heterocycles. The Bertz CT molecular complexity index is 915. The number of rotatable bonds is 3. The zero-order valence-electron chi connectivity index (χ0n) is 17.1. The summed E-state index contributed by atoms with van der Waals surface area (Å²) in [6.45, 7) is 2.96. The van der Waals surface area contributed by atoms with Gasteiger partial charge in [0.25, 0.3) is 5.91 Å². The minimum Gasteiger partial charge on any atom is -0.324 e. The number of fused-ring (bicyclic) bond motifs is 4. The molecule has 6 rings (SSSR count). The lowest BCUT2D eigenvalue weighted by molar-refractivity contribution is 0.00686. The van der Waals surface area contributed by atoms with Gasteiger partial charge in [-0.3, -0.25) is 9.69 Å². The summed E-state index contributed by atoms with van der Waals surface area (Å²) in [5.41, 5.74) is 3.30. The van der Waals surface area contributed by atoms with Crippen LogP contribution in [0.1, 0.15) is 60.0 Å². The van der Waals surface area contributed by atoms with Crippen LogP contribution in [0, 0.1) is 11.8 Å². The lowest BCUT2D eigenvalue weighted by Crippen LogP contribution is -2.53. The molecule has 2 aliphatic heterocycles. The zero-order chi connectivity index (χ0) is 19.4. The molecule has 2 aliphatic carbocycles. The number of carbonyl (C=O) groups excluding carboxylic acids is 1. The van der Waals surface area contributed by atoms with Gasteiger partial charge >= 0.3 is 0 Å². The van der Waals surface area contributed by atoms with Crippen molar-refractivity contribution in [2.45, 2.75) is 56.7 Å². The number of likely N-dealkylation sites (tertiary alicyclic amines) is 1. The molecule has 3 fully saturated rings. The van der Waals surface area contributed by atoms with Gasteiger partial charge in [0.15, 0.2) is 0 Å². The fourth-order valence-corrected chi connectivity index (χ4v) is 6.97. The van der Waals surface area contributed by atoms with Crippen LogP contribution in [0.25, 0.3) is 0 Å². The molecule has 3 heteroatoms. The Labute approximate surface area is 173 Å². The van der Waals surface area contributed by atoms with E-state index < -0.39 is 0 Å². The van der Waals surface area contributed by atoms with Crippen LogP contribution in [-0.4, -0.2) is 34.8 Å². The number of hydrogen-bond acceptors (Lipinski definition) is 2. The molecular formula is C26H30N2O. The van der Waals surface area contributed by atoms with Crippen LogP contribution in [-0.2, 0) is 12.1 Å². The Morgan fingerprint density at radius 2 is 1.66 bits per heavy atom. The first-order valence-corrected chi connectivity index (χ1v) is 11.4. The summed E-state index contributed by atoms with van der Waals surface area (Å²) in [4.78, 5) is 18.4. The minimum absolute atomic E-state index is 0.127. The fraction of sp³-hybridized carbons (Fsp3) is 0.500. The highest BCUT2D eigenvalue weighted by Gasteiger charge is 2.52. The summed E-state index contributed by atoms with van der Waals surface area (Å²) >= 11 is 0. The molecular weight excluding hydrogens is 356 g/mol. The Balaban J connectivity index is 1.30. The maximum absolute atomic E-state index is 13.4. The van der Waals surface area contributed by atoms with Crippen molar-refractivity contribution >= 4 is 5.91 Å². The summed E-state index contributed by atoms with van der Waals surface area (Å²) < 4.78 is 0. The third-order valence-electron chi connectivity index (χ3n) is 8.40. The van der Waals surface area contributed by atoms with E-state index >= 15 is 0 Å². The number of carbonyl (C=O) groups is 1. The largest absolute Gasteiger partial charge is 0.324 e. The van der Waals surface area contributed by atoms with E-state index in [-0.39, 0.29) is 11.4 Å². The number of hydrogen-bond donors (Lipinski definition) is 0. The van der Waals surface area contributed by atoms with Crippen LogP contribution in [0.15, 0.2) is 54.6 Å². The molecule has 2 bridgehead atoms. The van der Waals surface area contributed by atoms with Crippen molar-refractivity contribution in [1.82, 2.24) is 9.80 Å². The Morgan fingerprint density at radius 1 is 0.897 bits per heavy atom. The van der Waals surface area contributed by atoms with E-state index in [2.05, 4.69) is 46.2 Å². The van der Waals surface area contributed by atoms with E-state index in [4.69, 9.17) is 0 Å². The molecule has 3 nitrogen and oxygen atoms in total. The second-order valence-electron chi connectivity index (χ2n) is 9.73. The molecule has 3 atom stereocenters. The lowest BCUT2D eigenvalue weighted by Gasteiger charge is -2.48. The fourth-order valence-electron chi connectivity index (χ4n) is 6.97. The molecule has 0 unspecified atom stereocenters. The van der Waals surface area contributed by atoms with E-state index in [9.17, 15) is 4.79 Å². The predicted octanol–water partition coefficient (Wildman–Crippen LogP) is 4.82. The normalized spacial score (nSPS) is 30.3. The average Bonchev–Trinajstić information content (AvgIpc) is 3.46. The van der Waals surface area contributed by atoms with Gasteiger partial charge in [-0.05, 0) is 61.1 Å². The van der Waals surface area contributed by atoms with E-state index in [1.807, 2.05) is 18.2 Å². The Kier molecular flexibility index (Phi) is 4.09. The van der Waals surface area contributed by atoms with Crippen LogP contribution in [0.5, 0.6) is 0 Å². The van der Waals surface area contributed by atoms with Gasteiger partial charge in [0.2, 0.25) is 0 Å². The maximum Gasteiger partial charge on any atom is 0.255 e. The number of amides is 1. The second-order valence-corrected chi connectivity index (χ2v) is 9.73. The summed E-state index contributed by atoms with van der Waals surface area (Å²) in [7, 11) is 0. The summed E-state index contributed by atoms with van der Waals surface area (Å²) in [5.74, 6) is 2.15.